The molecule has 15 heavy (non-hydrogen) atoms. The minimum absolute atomic E-state index is 1.00. The second kappa shape index (κ2) is 7.13. The molecule has 7 heteroatoms. The van der Waals surface area contributed by atoms with Crippen LogP contribution in [0, 0.1) is 0 Å². The van der Waals surface area contributed by atoms with Gasteiger partial charge in [0.25, 0.3) is 0 Å². The van der Waals surface area contributed by atoms with E-state index in [4.69, 9.17) is 17.5 Å². The SMILES string of the molecule is C[N+](C)(C)C.C[N+](C)(C)C.O=S(=O)([O-])[O-]. The Balaban J connectivity index is -0.000000144. The van der Waals surface area contributed by atoms with Crippen LogP contribution in [0.25, 0.3) is 0 Å². The van der Waals surface area contributed by atoms with E-state index in [9.17, 15) is 0 Å². The Morgan fingerprint density at radius 3 is 0.667 bits per heavy atom. The Kier molecular flexibility index (Phi) is 9.61. The number of rotatable bonds is 0. The molecule has 0 aliphatic heterocycles. The monoisotopic (exact) mass is 244 g/mol. The first-order valence-electron chi connectivity index (χ1n) is 4.24. The summed E-state index contributed by atoms with van der Waals surface area (Å²) in [6, 6.07) is 0. The first kappa shape index (κ1) is 20.2. The fourth-order valence-electron chi connectivity index (χ4n) is 0. The molecule has 0 unspecified atom stereocenters. The lowest BCUT2D eigenvalue weighted by molar-refractivity contribution is -0.849. The van der Waals surface area contributed by atoms with Gasteiger partial charge in [0.15, 0.2) is 0 Å². The fourth-order valence-corrected chi connectivity index (χ4v) is 0. The van der Waals surface area contributed by atoms with Crippen molar-refractivity contribution in [1.29, 1.82) is 0 Å². The second-order valence-electron chi connectivity index (χ2n) is 5.77. The summed E-state index contributed by atoms with van der Waals surface area (Å²) in [7, 11) is 11.8. The van der Waals surface area contributed by atoms with Crippen LogP contribution in [-0.4, -0.2) is 82.9 Å². The summed E-state index contributed by atoms with van der Waals surface area (Å²) in [6.07, 6.45) is 0. The van der Waals surface area contributed by atoms with Gasteiger partial charge in [0, 0.05) is 10.4 Å². The van der Waals surface area contributed by atoms with Crippen molar-refractivity contribution in [3.8, 4) is 0 Å². The highest BCUT2D eigenvalue weighted by Gasteiger charge is 1.88. The van der Waals surface area contributed by atoms with Crippen molar-refractivity contribution < 1.29 is 26.5 Å². The van der Waals surface area contributed by atoms with Gasteiger partial charge in [-0.3, -0.25) is 8.42 Å². The van der Waals surface area contributed by atoms with E-state index in [2.05, 4.69) is 56.4 Å². The minimum Gasteiger partial charge on any atom is -0.759 e. The second-order valence-corrected chi connectivity index (χ2v) is 6.59. The van der Waals surface area contributed by atoms with E-state index >= 15 is 0 Å². The van der Waals surface area contributed by atoms with Crippen molar-refractivity contribution >= 4 is 10.4 Å². The predicted molar refractivity (Wildman–Crippen MR) is 58.4 cm³/mol. The van der Waals surface area contributed by atoms with Crippen LogP contribution in [-0.2, 0) is 10.4 Å². The van der Waals surface area contributed by atoms with Gasteiger partial charge in [0.1, 0.15) is 0 Å². The van der Waals surface area contributed by atoms with Gasteiger partial charge in [-0.05, 0) is 0 Å². The molecule has 0 rings (SSSR count). The number of hydrogen-bond donors (Lipinski definition) is 0. The van der Waals surface area contributed by atoms with Crippen molar-refractivity contribution in [3.05, 3.63) is 0 Å². The molecule has 0 radical (unpaired) electrons. The molecule has 0 atom stereocenters. The summed E-state index contributed by atoms with van der Waals surface area (Å²) in [6.45, 7) is 0. The quantitative estimate of drug-likeness (QED) is 0.321. The van der Waals surface area contributed by atoms with Gasteiger partial charge in [-0.2, -0.15) is 0 Å². The molecule has 0 bridgehead atoms. The molecule has 0 heterocycles. The van der Waals surface area contributed by atoms with Gasteiger partial charge in [-0.15, -0.1) is 0 Å². The van der Waals surface area contributed by atoms with E-state index < -0.39 is 10.4 Å². The molecule has 0 N–H and O–H groups in total. The van der Waals surface area contributed by atoms with Crippen LogP contribution in [0.4, 0.5) is 0 Å². The van der Waals surface area contributed by atoms with Crippen LogP contribution in [0.1, 0.15) is 0 Å². The van der Waals surface area contributed by atoms with Gasteiger partial charge >= 0.3 is 0 Å². The smallest absolute Gasteiger partial charge is 0.0675 e. The van der Waals surface area contributed by atoms with Crippen LogP contribution in [0.5, 0.6) is 0 Å². The van der Waals surface area contributed by atoms with Crippen molar-refractivity contribution in [1.82, 2.24) is 0 Å². The van der Waals surface area contributed by atoms with Crippen LogP contribution in [0.2, 0.25) is 0 Å². The molecule has 0 aromatic carbocycles. The lowest BCUT2D eigenvalue weighted by Crippen LogP contribution is -2.27. The first-order chi connectivity index (χ1) is 6.00. The number of nitrogens with zero attached hydrogens (tertiary/aromatic N) is 2. The molecule has 96 valence electrons. The lowest BCUT2D eigenvalue weighted by Gasteiger charge is -2.14. The maximum Gasteiger partial charge on any atom is 0.0675 e. The molecule has 0 amide bonds. The predicted octanol–water partition coefficient (Wildman–Crippen LogP) is -0.693. The van der Waals surface area contributed by atoms with E-state index in [0.29, 0.717) is 0 Å². The van der Waals surface area contributed by atoms with Crippen LogP contribution in [0.3, 0.4) is 0 Å². The Morgan fingerprint density at radius 2 is 0.667 bits per heavy atom. The normalized spacial score (nSPS) is 11.9. The Morgan fingerprint density at radius 1 is 0.667 bits per heavy atom. The number of quaternary nitrogens is 2. The van der Waals surface area contributed by atoms with Crippen molar-refractivity contribution in [3.63, 3.8) is 0 Å². The molecule has 0 saturated carbocycles. The highest BCUT2D eigenvalue weighted by molar-refractivity contribution is 7.79. The molecule has 0 aromatic heterocycles. The minimum atomic E-state index is -5.17. The van der Waals surface area contributed by atoms with E-state index in [0.717, 1.165) is 8.97 Å². The van der Waals surface area contributed by atoms with E-state index in [1.54, 1.807) is 0 Å². The van der Waals surface area contributed by atoms with Crippen LogP contribution < -0.4 is 0 Å². The zero-order valence-electron chi connectivity index (χ0n) is 10.9. The zero-order valence-corrected chi connectivity index (χ0v) is 11.8. The van der Waals surface area contributed by atoms with E-state index in [1.807, 2.05) is 0 Å². The van der Waals surface area contributed by atoms with E-state index in [-0.39, 0.29) is 0 Å². The summed E-state index contributed by atoms with van der Waals surface area (Å²) < 4.78 is 36.1. The van der Waals surface area contributed by atoms with Gasteiger partial charge < -0.3 is 18.1 Å². The average molecular weight is 244 g/mol. The van der Waals surface area contributed by atoms with E-state index in [1.165, 1.54) is 0 Å². The van der Waals surface area contributed by atoms with Gasteiger partial charge in [-0.1, -0.05) is 0 Å². The Labute approximate surface area is 93.9 Å². The molecular formula is C8H24N2O4S. The summed E-state index contributed by atoms with van der Waals surface area (Å²) in [5, 5.41) is 0. The molecule has 0 aliphatic carbocycles. The van der Waals surface area contributed by atoms with Gasteiger partial charge in [0.2, 0.25) is 0 Å². The van der Waals surface area contributed by atoms with Gasteiger partial charge in [-0.25, -0.2) is 0 Å². The molecule has 0 aromatic rings. The molecule has 0 saturated heterocycles. The average Bonchev–Trinajstić information content (AvgIpc) is 1.41. The van der Waals surface area contributed by atoms with Crippen molar-refractivity contribution in [2.45, 2.75) is 0 Å². The van der Waals surface area contributed by atoms with Crippen molar-refractivity contribution in [2.75, 3.05) is 56.4 Å². The highest BCUT2D eigenvalue weighted by Crippen LogP contribution is 1.74. The van der Waals surface area contributed by atoms with Crippen LogP contribution in [0.15, 0.2) is 0 Å². The summed E-state index contributed by atoms with van der Waals surface area (Å²) >= 11 is 0. The first-order valence-corrected chi connectivity index (χ1v) is 5.58. The molecule has 6 nitrogen and oxygen atoms in total. The fraction of sp³-hybridized carbons (Fsp3) is 1.00. The Bertz CT molecular complexity index is 204. The number of hydrogen-bond acceptors (Lipinski definition) is 4. The summed E-state index contributed by atoms with van der Waals surface area (Å²) in [5.41, 5.74) is 0. The van der Waals surface area contributed by atoms with Gasteiger partial charge in [0.05, 0.1) is 56.4 Å². The zero-order chi connectivity index (χ0) is 13.5. The standard InChI is InChI=1S/2C4H12N.H2O4S/c3*1-5(2,3)4/h2*1-4H3;(H2,1,2,3,4)/q2*+1;/p-2. The molecule has 0 spiro atoms. The maximum atomic E-state index is 8.52. The lowest BCUT2D eigenvalue weighted by atomic mass is 10.8. The highest BCUT2D eigenvalue weighted by atomic mass is 32.3. The summed E-state index contributed by atoms with van der Waals surface area (Å²) in [4.78, 5) is 0. The molecule has 0 fully saturated rings. The third kappa shape index (κ3) is 43500. The van der Waals surface area contributed by atoms with Crippen LogP contribution >= 0.6 is 0 Å². The topological polar surface area (TPSA) is 80.3 Å². The third-order valence-electron chi connectivity index (χ3n) is 0. The summed E-state index contributed by atoms with van der Waals surface area (Å²) in [5.74, 6) is 0. The Hall–Kier alpha value is -0.210. The largest absolute Gasteiger partial charge is 0.759 e. The van der Waals surface area contributed by atoms with Crippen molar-refractivity contribution in [2.24, 2.45) is 0 Å². The third-order valence-corrected chi connectivity index (χ3v) is 0. The molecular weight excluding hydrogens is 220 g/mol. The maximum absolute atomic E-state index is 8.52. The molecule has 0 aliphatic rings.